The molecule has 0 saturated heterocycles. The van der Waals surface area contributed by atoms with Crippen LogP contribution in [0.2, 0.25) is 0 Å². The number of nitrogens with two attached hydrogens (primary N) is 1. The molecule has 0 aromatic heterocycles. The normalized spacial score (nSPS) is 23.0. The van der Waals surface area contributed by atoms with Crippen LogP contribution in [0.3, 0.4) is 0 Å². The molecule has 0 amide bonds. The summed E-state index contributed by atoms with van der Waals surface area (Å²) in [6, 6.07) is -0.615. The van der Waals surface area contributed by atoms with Crippen LogP contribution in [0.15, 0.2) is 0 Å². The fourth-order valence-corrected chi connectivity index (χ4v) is 2.12. The molecule has 1 rings (SSSR count). The third-order valence-corrected chi connectivity index (χ3v) is 2.99. The molecule has 1 fully saturated rings. The van der Waals surface area contributed by atoms with Gasteiger partial charge in [-0.05, 0) is 12.3 Å². The number of carboxylic acid groups (broad SMARTS) is 1. The number of aliphatic hydroxyl groups excluding tert-OH is 1. The lowest BCUT2D eigenvalue weighted by Gasteiger charge is -2.25. The van der Waals surface area contributed by atoms with Gasteiger partial charge in [0.1, 0.15) is 0 Å². The lowest BCUT2D eigenvalue weighted by atomic mass is 9.84. The van der Waals surface area contributed by atoms with Crippen molar-refractivity contribution in [2.45, 2.75) is 50.7 Å². The Bertz CT molecular complexity index is 190. The maximum Gasteiger partial charge on any atom is 0.334 e. The van der Waals surface area contributed by atoms with Gasteiger partial charge in [0.05, 0.1) is 0 Å². The minimum Gasteiger partial charge on any atom is -0.479 e. The maximum absolute atomic E-state index is 10.5. The molecule has 0 aliphatic heterocycles. The van der Waals surface area contributed by atoms with Crippen molar-refractivity contribution in [3.05, 3.63) is 0 Å². The number of aliphatic carboxylic acids is 1. The monoisotopic (exact) mass is 201 g/mol. The van der Waals surface area contributed by atoms with E-state index < -0.39 is 18.1 Å². The largest absolute Gasteiger partial charge is 0.479 e. The van der Waals surface area contributed by atoms with Crippen LogP contribution in [-0.4, -0.2) is 28.3 Å². The highest BCUT2D eigenvalue weighted by molar-refractivity contribution is 5.72. The van der Waals surface area contributed by atoms with E-state index in [0.717, 1.165) is 12.8 Å². The van der Waals surface area contributed by atoms with E-state index in [2.05, 4.69) is 0 Å². The second-order valence-corrected chi connectivity index (χ2v) is 4.19. The van der Waals surface area contributed by atoms with Gasteiger partial charge in [0.15, 0.2) is 6.10 Å². The summed E-state index contributed by atoms with van der Waals surface area (Å²) >= 11 is 0. The van der Waals surface area contributed by atoms with Crippen molar-refractivity contribution in [1.82, 2.24) is 0 Å². The molecule has 1 saturated carbocycles. The third-order valence-electron chi connectivity index (χ3n) is 2.99. The molecule has 0 bridgehead atoms. The van der Waals surface area contributed by atoms with Crippen molar-refractivity contribution in [3.8, 4) is 0 Å². The molecule has 0 spiro atoms. The zero-order chi connectivity index (χ0) is 10.6. The summed E-state index contributed by atoms with van der Waals surface area (Å²) in [4.78, 5) is 10.5. The summed E-state index contributed by atoms with van der Waals surface area (Å²) < 4.78 is 0. The predicted molar refractivity (Wildman–Crippen MR) is 52.8 cm³/mol. The second-order valence-electron chi connectivity index (χ2n) is 4.19. The molecule has 0 aromatic carbocycles. The van der Waals surface area contributed by atoms with E-state index in [1.165, 1.54) is 19.3 Å². The molecule has 14 heavy (non-hydrogen) atoms. The average molecular weight is 201 g/mol. The Balaban J connectivity index is 2.31. The number of carbonyl (C=O) groups is 1. The number of hydrogen-bond acceptors (Lipinski definition) is 3. The fourth-order valence-electron chi connectivity index (χ4n) is 2.12. The lowest BCUT2D eigenvalue weighted by Crippen LogP contribution is -2.41. The zero-order valence-electron chi connectivity index (χ0n) is 8.35. The van der Waals surface area contributed by atoms with E-state index in [-0.39, 0.29) is 0 Å². The molecule has 0 heterocycles. The first-order valence-corrected chi connectivity index (χ1v) is 5.27. The van der Waals surface area contributed by atoms with Crippen molar-refractivity contribution in [3.63, 3.8) is 0 Å². The van der Waals surface area contributed by atoms with E-state index in [0.29, 0.717) is 12.3 Å². The van der Waals surface area contributed by atoms with Crippen molar-refractivity contribution in [2.75, 3.05) is 0 Å². The molecule has 2 atom stereocenters. The number of aliphatic hydroxyl groups is 1. The standard InChI is InChI=1S/C10H19NO3/c11-8(9(12)10(13)14)6-7-4-2-1-3-5-7/h7-9,12H,1-6,11H2,(H,13,14)/t8-,9?/m0/s1. The molecule has 4 heteroatoms. The minimum atomic E-state index is -1.41. The Kier molecular flexibility index (Phi) is 4.35. The van der Waals surface area contributed by atoms with Gasteiger partial charge in [0, 0.05) is 6.04 Å². The quantitative estimate of drug-likeness (QED) is 0.626. The third kappa shape index (κ3) is 3.27. The first-order valence-electron chi connectivity index (χ1n) is 5.27. The van der Waals surface area contributed by atoms with Gasteiger partial charge in [-0.2, -0.15) is 0 Å². The van der Waals surface area contributed by atoms with E-state index in [1.54, 1.807) is 0 Å². The lowest BCUT2D eigenvalue weighted by molar-refractivity contribution is -0.147. The Morgan fingerprint density at radius 3 is 2.43 bits per heavy atom. The van der Waals surface area contributed by atoms with Crippen LogP contribution >= 0.6 is 0 Å². The van der Waals surface area contributed by atoms with Gasteiger partial charge in [-0.3, -0.25) is 0 Å². The summed E-state index contributed by atoms with van der Waals surface area (Å²) in [6.45, 7) is 0. The summed E-state index contributed by atoms with van der Waals surface area (Å²) in [7, 11) is 0. The predicted octanol–water partition coefficient (Wildman–Crippen LogP) is 0.730. The van der Waals surface area contributed by atoms with E-state index in [9.17, 15) is 9.90 Å². The van der Waals surface area contributed by atoms with Crippen molar-refractivity contribution in [2.24, 2.45) is 11.7 Å². The molecule has 4 N–H and O–H groups in total. The fraction of sp³-hybridized carbons (Fsp3) is 0.900. The van der Waals surface area contributed by atoms with Crippen LogP contribution in [0.1, 0.15) is 38.5 Å². The maximum atomic E-state index is 10.5. The van der Waals surface area contributed by atoms with Crippen LogP contribution in [0.25, 0.3) is 0 Å². The molecule has 0 radical (unpaired) electrons. The first kappa shape index (κ1) is 11.5. The van der Waals surface area contributed by atoms with Crippen LogP contribution in [0.5, 0.6) is 0 Å². The van der Waals surface area contributed by atoms with Gasteiger partial charge < -0.3 is 15.9 Å². The zero-order valence-corrected chi connectivity index (χ0v) is 8.35. The Morgan fingerprint density at radius 2 is 1.93 bits per heavy atom. The van der Waals surface area contributed by atoms with E-state index in [4.69, 9.17) is 10.8 Å². The highest BCUT2D eigenvalue weighted by Crippen LogP contribution is 2.27. The van der Waals surface area contributed by atoms with Crippen LogP contribution in [0, 0.1) is 5.92 Å². The van der Waals surface area contributed by atoms with Gasteiger partial charge in [0.2, 0.25) is 0 Å². The molecule has 1 unspecified atom stereocenters. The van der Waals surface area contributed by atoms with Crippen LogP contribution < -0.4 is 5.73 Å². The molecular formula is C10H19NO3. The summed E-state index contributed by atoms with van der Waals surface area (Å²) in [5.41, 5.74) is 5.62. The van der Waals surface area contributed by atoms with Crippen molar-refractivity contribution < 1.29 is 15.0 Å². The molecular weight excluding hydrogens is 182 g/mol. The minimum absolute atomic E-state index is 0.507. The average Bonchev–Trinajstić information content (AvgIpc) is 2.18. The van der Waals surface area contributed by atoms with E-state index >= 15 is 0 Å². The SMILES string of the molecule is N[C@@H](CC1CCCCC1)C(O)C(=O)O. The number of carboxylic acids is 1. The van der Waals surface area contributed by atoms with Gasteiger partial charge in [-0.25, -0.2) is 4.79 Å². The van der Waals surface area contributed by atoms with Gasteiger partial charge in [0.25, 0.3) is 0 Å². The smallest absolute Gasteiger partial charge is 0.334 e. The molecule has 1 aliphatic carbocycles. The van der Waals surface area contributed by atoms with E-state index in [1.807, 2.05) is 0 Å². The summed E-state index contributed by atoms with van der Waals surface area (Å²) in [5.74, 6) is -0.707. The number of rotatable bonds is 4. The summed E-state index contributed by atoms with van der Waals surface area (Å²) in [6.07, 6.45) is 5.17. The highest BCUT2D eigenvalue weighted by atomic mass is 16.4. The Morgan fingerprint density at radius 1 is 1.36 bits per heavy atom. The Labute approximate surface area is 84.1 Å². The molecule has 0 aromatic rings. The van der Waals surface area contributed by atoms with Gasteiger partial charge >= 0.3 is 5.97 Å². The highest BCUT2D eigenvalue weighted by Gasteiger charge is 2.25. The van der Waals surface area contributed by atoms with Gasteiger partial charge in [-0.1, -0.05) is 32.1 Å². The van der Waals surface area contributed by atoms with Crippen LogP contribution in [0.4, 0.5) is 0 Å². The second kappa shape index (κ2) is 5.32. The summed E-state index contributed by atoms with van der Waals surface area (Å²) in [5, 5.41) is 17.8. The van der Waals surface area contributed by atoms with Crippen molar-refractivity contribution >= 4 is 5.97 Å². The Hall–Kier alpha value is -0.610. The first-order chi connectivity index (χ1) is 6.61. The van der Waals surface area contributed by atoms with Gasteiger partial charge in [-0.15, -0.1) is 0 Å². The molecule has 1 aliphatic rings. The molecule has 4 nitrogen and oxygen atoms in total. The topological polar surface area (TPSA) is 83.5 Å². The van der Waals surface area contributed by atoms with Crippen LogP contribution in [-0.2, 0) is 4.79 Å². The number of hydrogen-bond donors (Lipinski definition) is 3. The van der Waals surface area contributed by atoms with Crippen molar-refractivity contribution in [1.29, 1.82) is 0 Å². The molecule has 82 valence electrons.